The van der Waals surface area contributed by atoms with E-state index in [4.69, 9.17) is 10.8 Å². The third-order valence-electron chi connectivity index (χ3n) is 3.25. The second kappa shape index (κ2) is 7.78. The number of carboxylic acids is 1. The van der Waals surface area contributed by atoms with Crippen molar-refractivity contribution >= 4 is 18.4 Å². The number of hydrogen-bond donors (Lipinski definition) is 3. The number of nitrogens with two attached hydrogens (primary N) is 1. The number of aliphatic hydroxyl groups is 1. The molecule has 0 saturated carbocycles. The van der Waals surface area contributed by atoms with E-state index in [9.17, 15) is 9.90 Å². The van der Waals surface area contributed by atoms with Crippen molar-refractivity contribution in [3.63, 3.8) is 0 Å². The summed E-state index contributed by atoms with van der Waals surface area (Å²) in [6.45, 7) is 0. The van der Waals surface area contributed by atoms with Crippen molar-refractivity contribution in [1.82, 2.24) is 0 Å². The van der Waals surface area contributed by atoms with E-state index in [2.05, 4.69) is 0 Å². The van der Waals surface area contributed by atoms with E-state index in [1.54, 1.807) is 18.2 Å². The first-order chi connectivity index (χ1) is 9.59. The fourth-order valence-electron chi connectivity index (χ4n) is 2.17. The Morgan fingerprint density at radius 3 is 2.24 bits per heavy atom. The summed E-state index contributed by atoms with van der Waals surface area (Å²) in [4.78, 5) is 11.2. The van der Waals surface area contributed by atoms with Gasteiger partial charge in [-0.1, -0.05) is 48.5 Å². The summed E-state index contributed by atoms with van der Waals surface area (Å²) in [5.41, 5.74) is 7.55. The number of rotatable bonds is 5. The van der Waals surface area contributed by atoms with Crippen molar-refractivity contribution in [3.05, 3.63) is 71.3 Å². The maximum Gasteiger partial charge on any atom is 0.336 e. The second-order valence-electron chi connectivity index (χ2n) is 4.68. The molecule has 0 unspecified atom stereocenters. The molecule has 0 radical (unpaired) electrons. The van der Waals surface area contributed by atoms with Crippen LogP contribution in [0, 0.1) is 0 Å². The number of carbonyl (C=O) groups is 1. The molecular weight excluding hydrogens is 290 g/mol. The lowest BCUT2D eigenvalue weighted by molar-refractivity contribution is 0.0693. The molecule has 0 aliphatic rings. The van der Waals surface area contributed by atoms with Crippen molar-refractivity contribution in [2.75, 3.05) is 0 Å². The predicted molar refractivity (Wildman–Crippen MR) is 83.7 cm³/mol. The summed E-state index contributed by atoms with van der Waals surface area (Å²) in [7, 11) is 0. The number of hydrogen-bond acceptors (Lipinski definition) is 3. The zero-order chi connectivity index (χ0) is 14.5. The van der Waals surface area contributed by atoms with Gasteiger partial charge in [-0.3, -0.25) is 0 Å². The molecule has 2 rings (SSSR count). The van der Waals surface area contributed by atoms with Crippen LogP contribution in [0.2, 0.25) is 0 Å². The van der Waals surface area contributed by atoms with Crippen LogP contribution in [0.3, 0.4) is 0 Å². The number of benzene rings is 2. The molecule has 112 valence electrons. The van der Waals surface area contributed by atoms with E-state index in [0.29, 0.717) is 12.0 Å². The molecule has 0 bridgehead atoms. The number of halogens is 1. The molecule has 2 aromatic carbocycles. The van der Waals surface area contributed by atoms with Crippen LogP contribution in [-0.2, 0) is 6.42 Å². The fourth-order valence-corrected chi connectivity index (χ4v) is 2.17. The van der Waals surface area contributed by atoms with Gasteiger partial charge in [0.25, 0.3) is 0 Å². The van der Waals surface area contributed by atoms with Gasteiger partial charge in [0.05, 0.1) is 17.7 Å². The lowest BCUT2D eigenvalue weighted by atomic mass is 9.93. The first-order valence-corrected chi connectivity index (χ1v) is 6.39. The minimum Gasteiger partial charge on any atom is -0.478 e. The Morgan fingerprint density at radius 1 is 1.05 bits per heavy atom. The third-order valence-corrected chi connectivity index (χ3v) is 3.25. The van der Waals surface area contributed by atoms with Crippen LogP contribution in [0.25, 0.3) is 0 Å². The Balaban J connectivity index is 0.00000220. The van der Waals surface area contributed by atoms with Crippen LogP contribution in [0.5, 0.6) is 0 Å². The van der Waals surface area contributed by atoms with Crippen molar-refractivity contribution in [2.45, 2.75) is 18.6 Å². The van der Waals surface area contributed by atoms with E-state index in [1.807, 2.05) is 30.3 Å². The average Bonchev–Trinajstić information content (AvgIpc) is 2.47. The summed E-state index contributed by atoms with van der Waals surface area (Å²) < 4.78 is 0. The number of carboxylic acid groups (broad SMARTS) is 1. The highest BCUT2D eigenvalue weighted by Gasteiger charge is 2.22. The third kappa shape index (κ3) is 4.29. The SMILES string of the molecule is Cl.N[C@H](c1ccccc1C(=O)O)[C@@H](O)Cc1ccccc1. The van der Waals surface area contributed by atoms with Gasteiger partial charge in [0.15, 0.2) is 0 Å². The smallest absolute Gasteiger partial charge is 0.336 e. The van der Waals surface area contributed by atoms with Crippen LogP contribution in [0.4, 0.5) is 0 Å². The predicted octanol–water partition coefficient (Wildman–Crippen LogP) is 2.41. The van der Waals surface area contributed by atoms with Crippen molar-refractivity contribution in [2.24, 2.45) is 5.73 Å². The zero-order valence-corrected chi connectivity index (χ0v) is 12.2. The molecule has 2 aromatic rings. The molecule has 0 fully saturated rings. The summed E-state index contributed by atoms with van der Waals surface area (Å²) >= 11 is 0. The Kier molecular flexibility index (Phi) is 6.37. The summed E-state index contributed by atoms with van der Waals surface area (Å²) in [6.07, 6.45) is -0.450. The van der Waals surface area contributed by atoms with E-state index >= 15 is 0 Å². The van der Waals surface area contributed by atoms with Crippen molar-refractivity contribution < 1.29 is 15.0 Å². The number of aromatic carboxylic acids is 1. The molecule has 0 spiro atoms. The average molecular weight is 308 g/mol. The summed E-state index contributed by atoms with van der Waals surface area (Å²) in [5.74, 6) is -1.04. The summed E-state index contributed by atoms with van der Waals surface area (Å²) in [5, 5.41) is 19.4. The Bertz CT molecular complexity index is 589. The molecule has 0 aliphatic heterocycles. The molecule has 21 heavy (non-hydrogen) atoms. The Morgan fingerprint density at radius 2 is 1.62 bits per heavy atom. The van der Waals surface area contributed by atoms with Gasteiger partial charge in [-0.15, -0.1) is 12.4 Å². The largest absolute Gasteiger partial charge is 0.478 e. The highest BCUT2D eigenvalue weighted by Crippen LogP contribution is 2.21. The van der Waals surface area contributed by atoms with Crippen LogP contribution < -0.4 is 5.73 Å². The molecule has 0 aromatic heterocycles. The molecule has 4 N–H and O–H groups in total. The molecule has 4 nitrogen and oxygen atoms in total. The lowest BCUT2D eigenvalue weighted by Crippen LogP contribution is -2.29. The zero-order valence-electron chi connectivity index (χ0n) is 11.3. The lowest BCUT2D eigenvalue weighted by Gasteiger charge is -2.20. The Hall–Kier alpha value is -1.88. The van der Waals surface area contributed by atoms with E-state index in [-0.39, 0.29) is 18.0 Å². The minimum atomic E-state index is -1.04. The quantitative estimate of drug-likeness (QED) is 0.792. The highest BCUT2D eigenvalue weighted by atomic mass is 35.5. The van der Waals surface area contributed by atoms with Crippen LogP contribution in [0.15, 0.2) is 54.6 Å². The van der Waals surface area contributed by atoms with E-state index in [1.165, 1.54) is 6.07 Å². The van der Waals surface area contributed by atoms with E-state index < -0.39 is 18.1 Å². The normalized spacial score (nSPS) is 13.0. The van der Waals surface area contributed by atoms with Crippen LogP contribution in [0.1, 0.15) is 27.5 Å². The molecule has 0 aliphatic carbocycles. The van der Waals surface area contributed by atoms with Gasteiger partial charge in [-0.2, -0.15) is 0 Å². The molecule has 0 amide bonds. The van der Waals surface area contributed by atoms with Crippen molar-refractivity contribution in [3.8, 4) is 0 Å². The van der Waals surface area contributed by atoms with Crippen LogP contribution in [-0.4, -0.2) is 22.3 Å². The fraction of sp³-hybridized carbons (Fsp3) is 0.188. The van der Waals surface area contributed by atoms with Gasteiger partial charge in [0, 0.05) is 6.42 Å². The topological polar surface area (TPSA) is 83.6 Å². The van der Waals surface area contributed by atoms with Gasteiger partial charge in [-0.05, 0) is 17.2 Å². The van der Waals surface area contributed by atoms with E-state index in [0.717, 1.165) is 5.56 Å². The molecular formula is C16H18ClNO3. The summed E-state index contributed by atoms with van der Waals surface area (Å²) in [6, 6.07) is 15.2. The van der Waals surface area contributed by atoms with Crippen LogP contribution >= 0.6 is 12.4 Å². The maximum absolute atomic E-state index is 11.2. The van der Waals surface area contributed by atoms with Gasteiger partial charge in [0.1, 0.15) is 0 Å². The molecule has 5 heteroatoms. The Labute approximate surface area is 129 Å². The highest BCUT2D eigenvalue weighted by molar-refractivity contribution is 5.89. The monoisotopic (exact) mass is 307 g/mol. The van der Waals surface area contributed by atoms with Crippen molar-refractivity contribution in [1.29, 1.82) is 0 Å². The molecule has 2 atom stereocenters. The molecule has 0 saturated heterocycles. The second-order valence-corrected chi connectivity index (χ2v) is 4.68. The first-order valence-electron chi connectivity index (χ1n) is 6.39. The van der Waals surface area contributed by atoms with Gasteiger partial charge < -0.3 is 15.9 Å². The van der Waals surface area contributed by atoms with Gasteiger partial charge >= 0.3 is 5.97 Å². The van der Waals surface area contributed by atoms with Gasteiger partial charge in [0.2, 0.25) is 0 Å². The number of aliphatic hydroxyl groups excluding tert-OH is 1. The first kappa shape index (κ1) is 17.2. The van der Waals surface area contributed by atoms with Gasteiger partial charge in [-0.25, -0.2) is 4.79 Å². The standard InChI is InChI=1S/C16H17NO3.ClH/c17-15(12-8-4-5-9-13(12)16(19)20)14(18)10-11-6-2-1-3-7-11;/h1-9,14-15,18H,10,17H2,(H,19,20);1H/t14-,15+;/m0./s1. The minimum absolute atomic E-state index is 0. The molecule has 0 heterocycles. The maximum atomic E-state index is 11.2.